The molecular formula is C16H24N2O2. The van der Waals surface area contributed by atoms with Gasteiger partial charge in [-0.25, -0.2) is 0 Å². The molecule has 1 N–H and O–H groups in total. The van der Waals surface area contributed by atoms with Gasteiger partial charge in [0.15, 0.2) is 0 Å². The second kappa shape index (κ2) is 5.83. The number of rotatable bonds is 2. The third-order valence-corrected chi connectivity index (χ3v) is 3.70. The van der Waals surface area contributed by atoms with E-state index in [4.69, 9.17) is 4.74 Å². The third-order valence-electron chi connectivity index (χ3n) is 3.70. The maximum atomic E-state index is 12.7. The standard InChI is InChI=1S/C16H24N2O2/c1-16(2,3)12-5-6-14(20-4)13(11-12)15(19)18-9-7-17-8-10-18/h5-6,11,17H,7-10H2,1-4H3. The van der Waals surface area contributed by atoms with Crippen LogP contribution in [0.5, 0.6) is 5.75 Å². The summed E-state index contributed by atoms with van der Waals surface area (Å²) in [6.45, 7) is 9.65. The van der Waals surface area contributed by atoms with Crippen LogP contribution in [-0.2, 0) is 5.41 Å². The molecule has 1 aliphatic rings. The van der Waals surface area contributed by atoms with E-state index in [0.29, 0.717) is 11.3 Å². The van der Waals surface area contributed by atoms with E-state index in [-0.39, 0.29) is 11.3 Å². The molecular weight excluding hydrogens is 252 g/mol. The zero-order valence-electron chi connectivity index (χ0n) is 12.8. The van der Waals surface area contributed by atoms with Crippen LogP contribution in [0.3, 0.4) is 0 Å². The van der Waals surface area contributed by atoms with Gasteiger partial charge in [-0.05, 0) is 23.1 Å². The molecule has 110 valence electrons. The summed E-state index contributed by atoms with van der Waals surface area (Å²) < 4.78 is 5.36. The van der Waals surface area contributed by atoms with E-state index in [1.807, 2.05) is 23.1 Å². The normalized spacial score (nSPS) is 16.1. The second-order valence-corrected chi connectivity index (χ2v) is 6.21. The first kappa shape index (κ1) is 14.9. The van der Waals surface area contributed by atoms with Crippen molar-refractivity contribution in [3.63, 3.8) is 0 Å². The molecule has 0 spiro atoms. The average Bonchev–Trinajstić information content (AvgIpc) is 2.45. The van der Waals surface area contributed by atoms with Gasteiger partial charge in [-0.15, -0.1) is 0 Å². The number of carbonyl (C=O) groups excluding carboxylic acids is 1. The Morgan fingerprint density at radius 3 is 2.45 bits per heavy atom. The van der Waals surface area contributed by atoms with Crippen molar-refractivity contribution in [3.8, 4) is 5.75 Å². The number of nitrogens with zero attached hydrogens (tertiary/aromatic N) is 1. The van der Waals surface area contributed by atoms with Crippen molar-refractivity contribution in [3.05, 3.63) is 29.3 Å². The first-order valence-corrected chi connectivity index (χ1v) is 7.12. The minimum atomic E-state index is 0.0186. The Bertz CT molecular complexity index is 486. The van der Waals surface area contributed by atoms with Gasteiger partial charge in [0, 0.05) is 26.2 Å². The third kappa shape index (κ3) is 3.12. The van der Waals surface area contributed by atoms with E-state index in [1.54, 1.807) is 7.11 Å². The zero-order valence-corrected chi connectivity index (χ0v) is 12.8. The molecule has 0 atom stereocenters. The number of benzene rings is 1. The average molecular weight is 276 g/mol. The van der Waals surface area contributed by atoms with Crippen LogP contribution in [-0.4, -0.2) is 44.1 Å². The monoisotopic (exact) mass is 276 g/mol. The van der Waals surface area contributed by atoms with Crippen LogP contribution in [0.4, 0.5) is 0 Å². The van der Waals surface area contributed by atoms with Gasteiger partial charge >= 0.3 is 0 Å². The molecule has 1 fully saturated rings. The maximum Gasteiger partial charge on any atom is 0.257 e. The van der Waals surface area contributed by atoms with E-state index in [1.165, 1.54) is 0 Å². The lowest BCUT2D eigenvalue weighted by Crippen LogP contribution is -2.46. The second-order valence-electron chi connectivity index (χ2n) is 6.21. The summed E-state index contributed by atoms with van der Waals surface area (Å²) in [4.78, 5) is 14.6. The molecule has 0 unspecified atom stereocenters. The fourth-order valence-electron chi connectivity index (χ4n) is 2.38. The van der Waals surface area contributed by atoms with Crippen LogP contribution < -0.4 is 10.1 Å². The first-order chi connectivity index (χ1) is 9.43. The Hall–Kier alpha value is -1.55. The molecule has 2 rings (SSSR count). The van der Waals surface area contributed by atoms with Crippen LogP contribution in [0.2, 0.25) is 0 Å². The number of hydrogen-bond acceptors (Lipinski definition) is 3. The van der Waals surface area contributed by atoms with E-state index < -0.39 is 0 Å². The van der Waals surface area contributed by atoms with Crippen molar-refractivity contribution in [2.75, 3.05) is 33.3 Å². The molecule has 20 heavy (non-hydrogen) atoms. The first-order valence-electron chi connectivity index (χ1n) is 7.12. The van der Waals surface area contributed by atoms with Crippen LogP contribution in [0.15, 0.2) is 18.2 Å². The Morgan fingerprint density at radius 2 is 1.90 bits per heavy atom. The fourth-order valence-corrected chi connectivity index (χ4v) is 2.38. The molecule has 1 saturated heterocycles. The summed E-state index contributed by atoms with van der Waals surface area (Å²) in [6, 6.07) is 5.91. The molecule has 1 heterocycles. The van der Waals surface area contributed by atoms with E-state index in [2.05, 4.69) is 26.1 Å². The topological polar surface area (TPSA) is 41.6 Å². The minimum Gasteiger partial charge on any atom is -0.496 e. The zero-order chi connectivity index (χ0) is 14.8. The summed E-state index contributed by atoms with van der Waals surface area (Å²) in [6.07, 6.45) is 0. The van der Waals surface area contributed by atoms with E-state index >= 15 is 0 Å². The molecule has 1 aromatic carbocycles. The quantitative estimate of drug-likeness (QED) is 0.899. The smallest absolute Gasteiger partial charge is 0.257 e. The summed E-state index contributed by atoms with van der Waals surface area (Å²) in [5.41, 5.74) is 1.84. The number of ether oxygens (including phenoxy) is 1. The molecule has 4 nitrogen and oxygen atoms in total. The highest BCUT2D eigenvalue weighted by atomic mass is 16.5. The SMILES string of the molecule is COc1ccc(C(C)(C)C)cc1C(=O)N1CCNCC1. The molecule has 0 aromatic heterocycles. The van der Waals surface area contributed by atoms with Gasteiger partial charge in [-0.3, -0.25) is 4.79 Å². The van der Waals surface area contributed by atoms with Gasteiger partial charge in [0.2, 0.25) is 0 Å². The Morgan fingerprint density at radius 1 is 1.25 bits per heavy atom. The molecule has 1 aromatic rings. The van der Waals surface area contributed by atoms with Gasteiger partial charge < -0.3 is 15.0 Å². The summed E-state index contributed by atoms with van der Waals surface area (Å²) in [7, 11) is 1.61. The van der Waals surface area contributed by atoms with Crippen molar-refractivity contribution >= 4 is 5.91 Å². The van der Waals surface area contributed by atoms with Gasteiger partial charge in [-0.1, -0.05) is 26.8 Å². The van der Waals surface area contributed by atoms with Gasteiger partial charge in [0.1, 0.15) is 5.75 Å². The number of methoxy groups -OCH3 is 1. The Kier molecular flexibility index (Phi) is 4.33. The summed E-state index contributed by atoms with van der Waals surface area (Å²) in [5, 5.41) is 3.26. The van der Waals surface area contributed by atoms with Gasteiger partial charge in [0.05, 0.1) is 12.7 Å². The van der Waals surface area contributed by atoms with Crippen molar-refractivity contribution in [2.45, 2.75) is 26.2 Å². The largest absolute Gasteiger partial charge is 0.496 e. The van der Waals surface area contributed by atoms with E-state index in [9.17, 15) is 4.79 Å². The number of carbonyl (C=O) groups is 1. The molecule has 0 bridgehead atoms. The predicted molar refractivity (Wildman–Crippen MR) is 80.5 cm³/mol. The van der Waals surface area contributed by atoms with Crippen molar-refractivity contribution in [1.29, 1.82) is 0 Å². The molecule has 0 aliphatic carbocycles. The number of hydrogen-bond donors (Lipinski definition) is 1. The number of amides is 1. The maximum absolute atomic E-state index is 12.7. The minimum absolute atomic E-state index is 0.0186. The molecule has 0 radical (unpaired) electrons. The van der Waals surface area contributed by atoms with Crippen LogP contribution in [0, 0.1) is 0 Å². The highest BCUT2D eigenvalue weighted by Gasteiger charge is 2.23. The highest BCUT2D eigenvalue weighted by molar-refractivity contribution is 5.97. The fraction of sp³-hybridized carbons (Fsp3) is 0.562. The van der Waals surface area contributed by atoms with Crippen molar-refractivity contribution in [2.24, 2.45) is 0 Å². The van der Waals surface area contributed by atoms with Crippen LogP contribution in [0.25, 0.3) is 0 Å². The lowest BCUT2D eigenvalue weighted by Gasteiger charge is -2.29. The summed E-state index contributed by atoms with van der Waals surface area (Å²) in [5.74, 6) is 0.719. The van der Waals surface area contributed by atoms with Crippen molar-refractivity contribution in [1.82, 2.24) is 10.2 Å². The lowest BCUT2D eigenvalue weighted by atomic mass is 9.86. The number of nitrogens with one attached hydrogen (secondary N) is 1. The van der Waals surface area contributed by atoms with E-state index in [0.717, 1.165) is 31.7 Å². The Labute approximate surface area is 121 Å². The predicted octanol–water partition coefficient (Wildman–Crippen LogP) is 2.04. The molecule has 4 heteroatoms. The molecule has 1 aliphatic heterocycles. The lowest BCUT2D eigenvalue weighted by molar-refractivity contribution is 0.0732. The van der Waals surface area contributed by atoms with Crippen LogP contribution in [0.1, 0.15) is 36.7 Å². The number of piperazine rings is 1. The van der Waals surface area contributed by atoms with Gasteiger partial charge in [-0.2, -0.15) is 0 Å². The molecule has 1 amide bonds. The van der Waals surface area contributed by atoms with Crippen molar-refractivity contribution < 1.29 is 9.53 Å². The van der Waals surface area contributed by atoms with Crippen LogP contribution >= 0.6 is 0 Å². The molecule has 0 saturated carbocycles. The summed E-state index contributed by atoms with van der Waals surface area (Å²) >= 11 is 0. The van der Waals surface area contributed by atoms with Gasteiger partial charge in [0.25, 0.3) is 5.91 Å². The highest BCUT2D eigenvalue weighted by Crippen LogP contribution is 2.28. The Balaban J connectivity index is 2.34.